The highest BCUT2D eigenvalue weighted by Crippen LogP contribution is 2.27. The third-order valence-corrected chi connectivity index (χ3v) is 3.18. The highest BCUT2D eigenvalue weighted by Gasteiger charge is 2.18. The van der Waals surface area contributed by atoms with Crippen LogP contribution in [0.4, 0.5) is 5.69 Å². The second-order valence-electron chi connectivity index (χ2n) is 6.94. The largest absolute Gasteiger partial charge is 0.378 e. The Balaban J connectivity index is 2.70. The van der Waals surface area contributed by atoms with E-state index in [2.05, 4.69) is 27.7 Å². The Morgan fingerprint density at radius 1 is 1.26 bits per heavy atom. The molecule has 1 unspecified atom stereocenters. The molecule has 1 aromatic carbocycles. The smallest absolute Gasteiger partial charge is 0.163 e. The predicted molar refractivity (Wildman–Crippen MR) is 83.0 cm³/mol. The minimum absolute atomic E-state index is 0.250. The van der Waals surface area contributed by atoms with Crippen LogP contribution < -0.4 is 4.90 Å². The lowest BCUT2D eigenvalue weighted by Gasteiger charge is -2.22. The van der Waals surface area contributed by atoms with Gasteiger partial charge in [0.2, 0.25) is 0 Å². The fraction of sp³-hybridized carbons (Fsp3) is 0.588. The summed E-state index contributed by atoms with van der Waals surface area (Å²) in [5.41, 5.74) is 2.19. The molecule has 0 aliphatic heterocycles. The number of nitrogens with zero attached hydrogens (tertiary/aromatic N) is 1. The van der Waals surface area contributed by atoms with Crippen LogP contribution >= 0.6 is 0 Å². The first kappa shape index (κ1) is 15.7. The van der Waals surface area contributed by atoms with E-state index in [1.165, 1.54) is 0 Å². The van der Waals surface area contributed by atoms with Crippen molar-refractivity contribution in [1.82, 2.24) is 0 Å². The highest BCUT2D eigenvalue weighted by atomic mass is 16.1. The fourth-order valence-corrected chi connectivity index (χ4v) is 2.51. The van der Waals surface area contributed by atoms with E-state index in [-0.39, 0.29) is 11.2 Å². The quantitative estimate of drug-likeness (QED) is 0.732. The summed E-state index contributed by atoms with van der Waals surface area (Å²) in [6.07, 6.45) is 1.71. The molecule has 1 aromatic rings. The number of hydrogen-bond donors (Lipinski definition) is 0. The van der Waals surface area contributed by atoms with Crippen LogP contribution in [-0.4, -0.2) is 19.9 Å². The standard InChI is InChI=1S/C17H27NO/c1-13(12-17(2,3)4)10-16(19)14-8-7-9-15(11-14)18(5)6/h7-9,11,13H,10,12H2,1-6H3. The molecule has 19 heavy (non-hydrogen) atoms. The van der Waals surface area contributed by atoms with E-state index in [4.69, 9.17) is 0 Å². The number of ketones is 1. The second kappa shape index (κ2) is 6.23. The molecule has 0 amide bonds. The minimum Gasteiger partial charge on any atom is -0.378 e. The van der Waals surface area contributed by atoms with Crippen LogP contribution in [0.3, 0.4) is 0 Å². The van der Waals surface area contributed by atoms with Crippen molar-refractivity contribution in [2.24, 2.45) is 11.3 Å². The maximum Gasteiger partial charge on any atom is 0.163 e. The van der Waals surface area contributed by atoms with Gasteiger partial charge >= 0.3 is 0 Å². The Morgan fingerprint density at radius 3 is 2.42 bits per heavy atom. The van der Waals surface area contributed by atoms with Crippen molar-refractivity contribution in [2.45, 2.75) is 40.5 Å². The number of carbonyl (C=O) groups is 1. The monoisotopic (exact) mass is 261 g/mol. The lowest BCUT2D eigenvalue weighted by molar-refractivity contribution is 0.0954. The first-order valence-corrected chi connectivity index (χ1v) is 6.99. The van der Waals surface area contributed by atoms with Gasteiger partial charge in [-0.15, -0.1) is 0 Å². The van der Waals surface area contributed by atoms with Crippen LogP contribution in [0.5, 0.6) is 0 Å². The van der Waals surface area contributed by atoms with Crippen molar-refractivity contribution >= 4 is 11.5 Å². The third kappa shape index (κ3) is 5.46. The Labute approximate surface area is 117 Å². The maximum absolute atomic E-state index is 12.3. The molecule has 0 spiro atoms. The number of Topliss-reactive ketones (excluding diaryl/α,β-unsaturated/α-hetero) is 1. The minimum atomic E-state index is 0.250. The topological polar surface area (TPSA) is 20.3 Å². The summed E-state index contributed by atoms with van der Waals surface area (Å²) < 4.78 is 0. The van der Waals surface area contributed by atoms with E-state index < -0.39 is 0 Å². The van der Waals surface area contributed by atoms with E-state index in [9.17, 15) is 4.79 Å². The number of anilines is 1. The van der Waals surface area contributed by atoms with Crippen LogP contribution in [0.25, 0.3) is 0 Å². The molecule has 0 bridgehead atoms. The first-order valence-electron chi connectivity index (χ1n) is 6.99. The molecular weight excluding hydrogens is 234 g/mol. The van der Waals surface area contributed by atoms with Crippen LogP contribution in [0, 0.1) is 11.3 Å². The fourth-order valence-electron chi connectivity index (χ4n) is 2.51. The summed E-state index contributed by atoms with van der Waals surface area (Å²) in [6, 6.07) is 7.87. The van der Waals surface area contributed by atoms with Gasteiger partial charge in [-0.05, 0) is 29.9 Å². The van der Waals surface area contributed by atoms with E-state index in [0.717, 1.165) is 17.7 Å². The van der Waals surface area contributed by atoms with Crippen LogP contribution in [0.1, 0.15) is 50.9 Å². The summed E-state index contributed by atoms with van der Waals surface area (Å²) in [4.78, 5) is 14.3. The average Bonchev–Trinajstić information content (AvgIpc) is 2.26. The molecule has 0 radical (unpaired) electrons. The van der Waals surface area contributed by atoms with Gasteiger partial charge in [-0.2, -0.15) is 0 Å². The summed E-state index contributed by atoms with van der Waals surface area (Å²) in [5.74, 6) is 0.677. The predicted octanol–water partition coefficient (Wildman–Crippen LogP) is 4.40. The molecule has 0 saturated carbocycles. The number of hydrogen-bond acceptors (Lipinski definition) is 2. The zero-order valence-corrected chi connectivity index (χ0v) is 13.2. The molecule has 2 nitrogen and oxygen atoms in total. The Kier molecular flexibility index (Phi) is 5.16. The number of rotatable bonds is 5. The van der Waals surface area contributed by atoms with Gasteiger partial charge in [0, 0.05) is 31.8 Å². The average molecular weight is 261 g/mol. The van der Waals surface area contributed by atoms with E-state index in [1.807, 2.05) is 43.3 Å². The maximum atomic E-state index is 12.3. The SMILES string of the molecule is CC(CC(=O)c1cccc(N(C)C)c1)CC(C)(C)C. The zero-order valence-electron chi connectivity index (χ0n) is 13.2. The Morgan fingerprint density at radius 2 is 1.89 bits per heavy atom. The van der Waals surface area contributed by atoms with Crippen LogP contribution in [-0.2, 0) is 0 Å². The van der Waals surface area contributed by atoms with Crippen molar-refractivity contribution in [3.05, 3.63) is 29.8 Å². The molecule has 106 valence electrons. The van der Waals surface area contributed by atoms with Gasteiger partial charge < -0.3 is 4.90 Å². The van der Waals surface area contributed by atoms with Gasteiger partial charge in [0.25, 0.3) is 0 Å². The van der Waals surface area contributed by atoms with Crippen molar-refractivity contribution in [1.29, 1.82) is 0 Å². The summed E-state index contributed by atoms with van der Waals surface area (Å²) in [6.45, 7) is 8.83. The molecule has 0 fully saturated rings. The molecule has 0 N–H and O–H groups in total. The van der Waals surface area contributed by atoms with Gasteiger partial charge in [0.1, 0.15) is 0 Å². The molecule has 1 atom stereocenters. The van der Waals surface area contributed by atoms with Crippen LogP contribution in [0.15, 0.2) is 24.3 Å². The third-order valence-electron chi connectivity index (χ3n) is 3.18. The lowest BCUT2D eigenvalue weighted by atomic mass is 9.83. The molecule has 1 rings (SSSR count). The number of carbonyl (C=O) groups excluding carboxylic acids is 1. The van der Waals surface area contributed by atoms with Gasteiger partial charge in [-0.1, -0.05) is 39.8 Å². The van der Waals surface area contributed by atoms with Crippen molar-refractivity contribution in [3.63, 3.8) is 0 Å². The zero-order chi connectivity index (χ0) is 14.6. The molecule has 0 aliphatic rings. The Bertz CT molecular complexity index is 429. The molecule has 0 heterocycles. The van der Waals surface area contributed by atoms with Gasteiger partial charge in [0.15, 0.2) is 5.78 Å². The molecule has 0 aromatic heterocycles. The highest BCUT2D eigenvalue weighted by molar-refractivity contribution is 5.97. The van der Waals surface area contributed by atoms with Crippen LogP contribution in [0.2, 0.25) is 0 Å². The lowest BCUT2D eigenvalue weighted by Crippen LogP contribution is -2.15. The first-order chi connectivity index (χ1) is 8.69. The van der Waals surface area contributed by atoms with E-state index >= 15 is 0 Å². The number of benzene rings is 1. The van der Waals surface area contributed by atoms with Gasteiger partial charge in [-0.25, -0.2) is 0 Å². The van der Waals surface area contributed by atoms with Crippen molar-refractivity contribution in [3.8, 4) is 0 Å². The van der Waals surface area contributed by atoms with Gasteiger partial charge in [-0.3, -0.25) is 4.79 Å². The van der Waals surface area contributed by atoms with Crippen molar-refractivity contribution < 1.29 is 4.79 Å². The summed E-state index contributed by atoms with van der Waals surface area (Å²) in [7, 11) is 3.98. The Hall–Kier alpha value is -1.31. The molecular formula is C17H27NO. The van der Waals surface area contributed by atoms with E-state index in [0.29, 0.717) is 12.3 Å². The normalized spacial score (nSPS) is 13.2. The second-order valence-corrected chi connectivity index (χ2v) is 6.94. The summed E-state index contributed by atoms with van der Waals surface area (Å²) in [5, 5.41) is 0. The van der Waals surface area contributed by atoms with Gasteiger partial charge in [0.05, 0.1) is 0 Å². The molecule has 0 aliphatic carbocycles. The van der Waals surface area contributed by atoms with Crippen molar-refractivity contribution in [2.75, 3.05) is 19.0 Å². The molecule has 0 saturated heterocycles. The summed E-state index contributed by atoms with van der Waals surface area (Å²) >= 11 is 0. The molecule has 2 heteroatoms. The van der Waals surface area contributed by atoms with E-state index in [1.54, 1.807) is 0 Å².